The number of carbonyl (C=O) groups excluding carboxylic acids is 1. The molecule has 2 heterocycles. The van der Waals surface area contributed by atoms with Crippen LogP contribution in [0.15, 0.2) is 63.9 Å². The molecule has 0 saturated heterocycles. The Hall–Kier alpha value is -3.08. The predicted molar refractivity (Wildman–Crippen MR) is 114 cm³/mol. The summed E-state index contributed by atoms with van der Waals surface area (Å²) in [7, 11) is 0. The Bertz CT molecular complexity index is 1290. The van der Waals surface area contributed by atoms with Crippen LogP contribution in [0, 0.1) is 11.6 Å². The van der Waals surface area contributed by atoms with Gasteiger partial charge in [0.1, 0.15) is 16.5 Å². The van der Waals surface area contributed by atoms with Crippen molar-refractivity contribution in [1.82, 2.24) is 15.0 Å². The lowest BCUT2D eigenvalue weighted by Gasteiger charge is -2.12. The number of carbonyl (C=O) groups is 1. The number of hydrogen-bond donors (Lipinski definition) is 2. The van der Waals surface area contributed by atoms with E-state index in [-0.39, 0.29) is 22.3 Å². The molecule has 2 aromatic heterocycles. The first kappa shape index (κ1) is 20.2. The van der Waals surface area contributed by atoms with E-state index in [2.05, 4.69) is 4.98 Å². The van der Waals surface area contributed by atoms with Gasteiger partial charge in [-0.1, -0.05) is 23.9 Å². The first-order valence-electron chi connectivity index (χ1n) is 8.66. The Morgan fingerprint density at radius 1 is 1.10 bits per heavy atom. The molecule has 4 rings (SSSR count). The van der Waals surface area contributed by atoms with Crippen molar-refractivity contribution < 1.29 is 13.6 Å². The highest BCUT2D eigenvalue weighted by atomic mass is 32.2. The number of benzene rings is 2. The van der Waals surface area contributed by atoms with Crippen molar-refractivity contribution in [2.24, 2.45) is 5.84 Å². The Morgan fingerprint density at radius 2 is 1.73 bits per heavy atom. The van der Waals surface area contributed by atoms with Crippen molar-refractivity contribution in [1.29, 1.82) is 0 Å². The monoisotopic (exact) mass is 444 g/mol. The zero-order chi connectivity index (χ0) is 21.3. The van der Waals surface area contributed by atoms with Crippen molar-refractivity contribution in [2.45, 2.75) is 5.16 Å². The number of halogens is 2. The van der Waals surface area contributed by atoms with Crippen LogP contribution in [0.1, 0.15) is 0 Å². The highest BCUT2D eigenvalue weighted by Gasteiger charge is 2.19. The molecule has 6 nitrogen and oxygen atoms in total. The van der Waals surface area contributed by atoms with E-state index >= 15 is 0 Å². The fourth-order valence-corrected chi connectivity index (χ4v) is 4.71. The quantitative estimate of drug-likeness (QED) is 0.162. The lowest BCUT2D eigenvalue weighted by atomic mass is 10.1. The molecule has 2 aromatic carbocycles. The summed E-state index contributed by atoms with van der Waals surface area (Å²) in [5, 5.41) is 2.42. The van der Waals surface area contributed by atoms with Gasteiger partial charge in [0.25, 0.3) is 5.56 Å². The van der Waals surface area contributed by atoms with Crippen molar-refractivity contribution in [3.8, 4) is 16.8 Å². The lowest BCUT2D eigenvalue weighted by molar-refractivity contribution is -0.118. The highest BCUT2D eigenvalue weighted by Crippen LogP contribution is 2.33. The van der Waals surface area contributed by atoms with Crippen LogP contribution in [-0.4, -0.2) is 21.2 Å². The summed E-state index contributed by atoms with van der Waals surface area (Å²) < 4.78 is 28.1. The molecule has 30 heavy (non-hydrogen) atoms. The number of hydrogen-bond acceptors (Lipinski definition) is 6. The SMILES string of the molecule is NNC(=O)CSc1nc2scc(-c3ccc(F)cc3)c2c(=O)n1-c1ccc(F)cc1. The molecular weight excluding hydrogens is 430 g/mol. The van der Waals surface area contributed by atoms with Gasteiger partial charge in [0, 0.05) is 10.9 Å². The molecule has 0 radical (unpaired) electrons. The molecule has 0 spiro atoms. The number of nitrogens with one attached hydrogen (secondary N) is 1. The van der Waals surface area contributed by atoms with E-state index in [0.717, 1.165) is 11.8 Å². The number of amides is 1. The molecule has 0 atom stereocenters. The van der Waals surface area contributed by atoms with E-state index in [0.29, 0.717) is 27.0 Å². The molecule has 10 heteroatoms. The summed E-state index contributed by atoms with van der Waals surface area (Å²) in [5.41, 5.74) is 3.36. The summed E-state index contributed by atoms with van der Waals surface area (Å²) in [5.74, 6) is 3.83. The number of thiophene rings is 1. The predicted octanol–water partition coefficient (Wildman–Crippen LogP) is 3.47. The van der Waals surface area contributed by atoms with Crippen LogP contribution in [0.3, 0.4) is 0 Å². The third-order valence-corrected chi connectivity index (χ3v) is 6.12. The molecule has 3 N–H and O–H groups in total. The van der Waals surface area contributed by atoms with Crippen molar-refractivity contribution >= 4 is 39.2 Å². The zero-order valence-corrected chi connectivity index (χ0v) is 16.9. The number of nitrogens with zero attached hydrogens (tertiary/aromatic N) is 2. The third-order valence-electron chi connectivity index (χ3n) is 4.31. The first-order valence-corrected chi connectivity index (χ1v) is 10.5. The fraction of sp³-hybridized carbons (Fsp3) is 0.0500. The van der Waals surface area contributed by atoms with Gasteiger partial charge >= 0.3 is 0 Å². The molecular formula is C20H14F2N4O2S2. The van der Waals surface area contributed by atoms with Crippen molar-refractivity contribution in [2.75, 3.05) is 5.75 Å². The standard InChI is InChI=1S/C20H14F2N4O2S2/c21-12-3-1-11(2-4-12)15-9-29-18-17(15)19(28)26(14-7-5-13(22)6-8-14)20(24-18)30-10-16(27)25-23/h1-9H,10,23H2,(H,25,27). The van der Waals surface area contributed by atoms with Gasteiger partial charge in [0.05, 0.1) is 16.8 Å². The normalized spacial score (nSPS) is 11.0. The Morgan fingerprint density at radius 3 is 2.37 bits per heavy atom. The number of hydrazine groups is 1. The maximum atomic E-state index is 13.5. The second-order valence-electron chi connectivity index (χ2n) is 6.20. The second kappa shape index (κ2) is 8.34. The summed E-state index contributed by atoms with van der Waals surface area (Å²) >= 11 is 2.31. The van der Waals surface area contributed by atoms with Gasteiger partial charge in [0.2, 0.25) is 5.91 Å². The van der Waals surface area contributed by atoms with Gasteiger partial charge in [-0.3, -0.25) is 19.6 Å². The van der Waals surface area contributed by atoms with Gasteiger partial charge in [-0.25, -0.2) is 19.6 Å². The first-order chi connectivity index (χ1) is 14.5. The minimum Gasteiger partial charge on any atom is -0.294 e. The molecule has 0 unspecified atom stereocenters. The van der Waals surface area contributed by atoms with Gasteiger partial charge in [0.15, 0.2) is 5.16 Å². The maximum Gasteiger partial charge on any atom is 0.268 e. The lowest BCUT2D eigenvalue weighted by Crippen LogP contribution is -2.32. The topological polar surface area (TPSA) is 90.0 Å². The maximum absolute atomic E-state index is 13.5. The number of aromatic nitrogens is 2. The van der Waals surface area contributed by atoms with E-state index in [4.69, 9.17) is 5.84 Å². The van der Waals surface area contributed by atoms with Gasteiger partial charge in [-0.15, -0.1) is 11.3 Å². The summed E-state index contributed by atoms with van der Waals surface area (Å²) in [6, 6.07) is 11.2. The smallest absolute Gasteiger partial charge is 0.268 e. The van der Waals surface area contributed by atoms with E-state index in [9.17, 15) is 18.4 Å². The van der Waals surface area contributed by atoms with Crippen molar-refractivity contribution in [3.63, 3.8) is 0 Å². The molecule has 0 saturated carbocycles. The van der Waals surface area contributed by atoms with Crippen LogP contribution in [0.5, 0.6) is 0 Å². The number of fused-ring (bicyclic) bond motifs is 1. The number of nitrogens with two attached hydrogens (primary N) is 1. The average Bonchev–Trinajstić information content (AvgIpc) is 3.18. The van der Waals surface area contributed by atoms with Crippen LogP contribution in [0.25, 0.3) is 27.0 Å². The van der Waals surface area contributed by atoms with Gasteiger partial charge in [-0.05, 0) is 42.0 Å². The van der Waals surface area contributed by atoms with Gasteiger partial charge < -0.3 is 0 Å². The molecule has 1 amide bonds. The molecule has 0 aliphatic carbocycles. The molecule has 152 valence electrons. The Labute approximate surface area is 177 Å². The second-order valence-corrected chi connectivity index (χ2v) is 8.00. The largest absolute Gasteiger partial charge is 0.294 e. The minimum absolute atomic E-state index is 0.0498. The zero-order valence-electron chi connectivity index (χ0n) is 15.3. The summed E-state index contributed by atoms with van der Waals surface area (Å²) in [6.45, 7) is 0. The third kappa shape index (κ3) is 3.84. The van der Waals surface area contributed by atoms with E-state index in [1.807, 2.05) is 5.43 Å². The van der Waals surface area contributed by atoms with Crippen LogP contribution < -0.4 is 16.8 Å². The Balaban J connectivity index is 1.93. The van der Waals surface area contributed by atoms with E-state index in [1.54, 1.807) is 17.5 Å². The van der Waals surface area contributed by atoms with E-state index in [1.165, 1.54) is 52.3 Å². The molecule has 0 fully saturated rings. The molecule has 4 aromatic rings. The van der Waals surface area contributed by atoms with Crippen LogP contribution >= 0.6 is 23.1 Å². The number of rotatable bonds is 5. The molecule has 0 aliphatic heterocycles. The number of thioether (sulfide) groups is 1. The Kier molecular flexibility index (Phi) is 5.62. The fourth-order valence-electron chi connectivity index (χ4n) is 2.90. The summed E-state index contributed by atoms with van der Waals surface area (Å²) in [4.78, 5) is 30.1. The van der Waals surface area contributed by atoms with Crippen LogP contribution in [-0.2, 0) is 4.79 Å². The molecule has 0 bridgehead atoms. The van der Waals surface area contributed by atoms with E-state index < -0.39 is 11.7 Å². The van der Waals surface area contributed by atoms with Crippen molar-refractivity contribution in [3.05, 3.63) is 75.9 Å². The molecule has 0 aliphatic rings. The average molecular weight is 444 g/mol. The van der Waals surface area contributed by atoms with Crippen LogP contribution in [0.2, 0.25) is 0 Å². The highest BCUT2D eigenvalue weighted by molar-refractivity contribution is 7.99. The minimum atomic E-state index is -0.444. The summed E-state index contributed by atoms with van der Waals surface area (Å²) in [6.07, 6.45) is 0. The van der Waals surface area contributed by atoms with Gasteiger partial charge in [-0.2, -0.15) is 0 Å². The van der Waals surface area contributed by atoms with Crippen LogP contribution in [0.4, 0.5) is 8.78 Å².